The second kappa shape index (κ2) is 5.51. The summed E-state index contributed by atoms with van der Waals surface area (Å²) in [6, 6.07) is 11.5. The molecule has 94 valence electrons. The van der Waals surface area contributed by atoms with Gasteiger partial charge >= 0.3 is 0 Å². The van der Waals surface area contributed by atoms with Gasteiger partial charge in [-0.2, -0.15) is 0 Å². The standard InChI is InChI=1S/C14H13FO3/c15-12-6-11(8-16)14(17)13(7-12)18-9-10-4-2-1-3-5-10/h1-7,16-17H,8-9H2. The first-order valence-electron chi connectivity index (χ1n) is 5.49. The molecule has 2 aromatic carbocycles. The zero-order valence-corrected chi connectivity index (χ0v) is 9.64. The molecule has 0 unspecified atom stereocenters. The van der Waals surface area contributed by atoms with Crippen molar-refractivity contribution in [3.63, 3.8) is 0 Å². The Morgan fingerprint density at radius 2 is 1.83 bits per heavy atom. The number of hydrogen-bond donors (Lipinski definition) is 2. The predicted molar refractivity (Wildman–Crippen MR) is 64.8 cm³/mol. The Balaban J connectivity index is 2.17. The lowest BCUT2D eigenvalue weighted by Gasteiger charge is -2.10. The maximum atomic E-state index is 13.2. The Kier molecular flexibility index (Phi) is 3.79. The van der Waals surface area contributed by atoms with Gasteiger partial charge in [-0.1, -0.05) is 30.3 Å². The van der Waals surface area contributed by atoms with Crippen LogP contribution in [0.1, 0.15) is 11.1 Å². The van der Waals surface area contributed by atoms with Crippen LogP contribution in [0.15, 0.2) is 42.5 Å². The third-order valence-electron chi connectivity index (χ3n) is 2.53. The lowest BCUT2D eigenvalue weighted by Crippen LogP contribution is -1.98. The van der Waals surface area contributed by atoms with E-state index >= 15 is 0 Å². The fraction of sp³-hybridized carbons (Fsp3) is 0.143. The minimum atomic E-state index is -0.556. The molecule has 2 aromatic rings. The van der Waals surface area contributed by atoms with Crippen molar-refractivity contribution in [2.75, 3.05) is 0 Å². The van der Waals surface area contributed by atoms with Crippen LogP contribution in [0, 0.1) is 5.82 Å². The zero-order chi connectivity index (χ0) is 13.0. The minimum absolute atomic E-state index is 0.0305. The summed E-state index contributed by atoms with van der Waals surface area (Å²) in [4.78, 5) is 0. The molecule has 0 saturated carbocycles. The fourth-order valence-electron chi connectivity index (χ4n) is 1.59. The quantitative estimate of drug-likeness (QED) is 0.874. The zero-order valence-electron chi connectivity index (χ0n) is 9.64. The van der Waals surface area contributed by atoms with Crippen LogP contribution in [0.4, 0.5) is 4.39 Å². The van der Waals surface area contributed by atoms with Gasteiger partial charge in [0.15, 0.2) is 11.5 Å². The molecule has 2 N–H and O–H groups in total. The minimum Gasteiger partial charge on any atom is -0.504 e. The largest absolute Gasteiger partial charge is 0.504 e. The monoisotopic (exact) mass is 248 g/mol. The molecular formula is C14H13FO3. The molecule has 0 atom stereocenters. The highest BCUT2D eigenvalue weighted by atomic mass is 19.1. The van der Waals surface area contributed by atoms with Crippen molar-refractivity contribution in [3.8, 4) is 11.5 Å². The first-order chi connectivity index (χ1) is 8.70. The number of aliphatic hydroxyl groups is 1. The van der Waals surface area contributed by atoms with Crippen LogP contribution in [0.25, 0.3) is 0 Å². The molecule has 2 rings (SSSR count). The van der Waals surface area contributed by atoms with Crippen LogP contribution in [0.2, 0.25) is 0 Å². The highest BCUT2D eigenvalue weighted by Gasteiger charge is 2.10. The molecule has 0 aliphatic rings. The van der Waals surface area contributed by atoms with Crippen molar-refractivity contribution < 1.29 is 19.3 Å². The number of rotatable bonds is 4. The second-order valence-corrected chi connectivity index (χ2v) is 3.84. The lowest BCUT2D eigenvalue weighted by molar-refractivity contribution is 0.261. The van der Waals surface area contributed by atoms with Gasteiger partial charge in [0, 0.05) is 11.6 Å². The highest BCUT2D eigenvalue weighted by molar-refractivity contribution is 5.45. The number of hydrogen-bond acceptors (Lipinski definition) is 3. The van der Waals surface area contributed by atoms with E-state index in [0.29, 0.717) is 0 Å². The van der Waals surface area contributed by atoms with Gasteiger partial charge in [-0.15, -0.1) is 0 Å². The Morgan fingerprint density at radius 1 is 1.11 bits per heavy atom. The molecule has 4 heteroatoms. The summed E-state index contributed by atoms with van der Waals surface area (Å²) in [5.41, 5.74) is 1.02. The molecule has 0 aliphatic carbocycles. The highest BCUT2D eigenvalue weighted by Crippen LogP contribution is 2.31. The van der Waals surface area contributed by atoms with Gasteiger partial charge < -0.3 is 14.9 Å². The van der Waals surface area contributed by atoms with Gasteiger partial charge in [-0.05, 0) is 11.6 Å². The summed E-state index contributed by atoms with van der Waals surface area (Å²) in [7, 11) is 0. The van der Waals surface area contributed by atoms with E-state index in [9.17, 15) is 9.50 Å². The van der Waals surface area contributed by atoms with Gasteiger partial charge in [-0.25, -0.2) is 4.39 Å². The van der Waals surface area contributed by atoms with Crippen molar-refractivity contribution in [1.29, 1.82) is 0 Å². The van der Waals surface area contributed by atoms with Crippen molar-refractivity contribution >= 4 is 0 Å². The number of ether oxygens (including phenoxy) is 1. The van der Waals surface area contributed by atoms with E-state index in [0.717, 1.165) is 17.7 Å². The van der Waals surface area contributed by atoms with Gasteiger partial charge in [0.05, 0.1) is 6.61 Å². The smallest absolute Gasteiger partial charge is 0.164 e. The lowest BCUT2D eigenvalue weighted by atomic mass is 10.2. The first kappa shape index (κ1) is 12.4. The molecule has 3 nitrogen and oxygen atoms in total. The van der Waals surface area contributed by atoms with Crippen molar-refractivity contribution in [2.24, 2.45) is 0 Å². The van der Waals surface area contributed by atoms with E-state index in [-0.39, 0.29) is 23.7 Å². The van der Waals surface area contributed by atoms with Crippen molar-refractivity contribution in [3.05, 3.63) is 59.4 Å². The van der Waals surface area contributed by atoms with Gasteiger partial charge in [-0.3, -0.25) is 0 Å². The molecule has 0 radical (unpaired) electrons. The molecule has 0 heterocycles. The summed E-state index contributed by atoms with van der Waals surface area (Å²) in [6.45, 7) is -0.214. The van der Waals surface area contributed by atoms with E-state index in [4.69, 9.17) is 9.84 Å². The first-order valence-corrected chi connectivity index (χ1v) is 5.49. The summed E-state index contributed by atoms with van der Waals surface area (Å²) >= 11 is 0. The number of phenols is 1. The Bertz CT molecular complexity index is 526. The Morgan fingerprint density at radius 3 is 2.50 bits per heavy atom. The van der Waals surface area contributed by atoms with Crippen LogP contribution < -0.4 is 4.74 Å². The van der Waals surface area contributed by atoms with Crippen LogP contribution in [-0.2, 0) is 13.2 Å². The molecule has 0 bridgehead atoms. The van der Waals surface area contributed by atoms with Crippen molar-refractivity contribution in [2.45, 2.75) is 13.2 Å². The maximum absolute atomic E-state index is 13.2. The summed E-state index contributed by atoms with van der Waals surface area (Å²) in [5.74, 6) is -0.752. The van der Waals surface area contributed by atoms with Crippen LogP contribution in [0.3, 0.4) is 0 Å². The molecule has 0 amide bonds. The Labute approximate surface area is 104 Å². The van der Waals surface area contributed by atoms with Crippen LogP contribution in [0.5, 0.6) is 11.5 Å². The average Bonchev–Trinajstić information content (AvgIpc) is 2.40. The number of halogens is 1. The van der Waals surface area contributed by atoms with Gasteiger partial charge in [0.2, 0.25) is 0 Å². The van der Waals surface area contributed by atoms with E-state index in [1.807, 2.05) is 30.3 Å². The van der Waals surface area contributed by atoms with E-state index in [1.165, 1.54) is 0 Å². The number of aliphatic hydroxyl groups excluding tert-OH is 1. The van der Waals surface area contributed by atoms with E-state index in [1.54, 1.807) is 0 Å². The molecule has 0 aromatic heterocycles. The molecule has 0 aliphatic heterocycles. The molecule has 18 heavy (non-hydrogen) atoms. The van der Waals surface area contributed by atoms with Gasteiger partial charge in [0.25, 0.3) is 0 Å². The average molecular weight is 248 g/mol. The second-order valence-electron chi connectivity index (χ2n) is 3.84. The third kappa shape index (κ3) is 2.78. The molecule has 0 fully saturated rings. The number of aromatic hydroxyl groups is 1. The topological polar surface area (TPSA) is 49.7 Å². The van der Waals surface area contributed by atoms with Crippen molar-refractivity contribution in [1.82, 2.24) is 0 Å². The molecule has 0 spiro atoms. The predicted octanol–water partition coefficient (Wildman–Crippen LogP) is 2.60. The number of benzene rings is 2. The summed E-state index contributed by atoms with van der Waals surface area (Å²) in [5, 5.41) is 18.7. The normalized spacial score (nSPS) is 10.3. The third-order valence-corrected chi connectivity index (χ3v) is 2.53. The maximum Gasteiger partial charge on any atom is 0.164 e. The molecular weight excluding hydrogens is 235 g/mol. The SMILES string of the molecule is OCc1cc(F)cc(OCc2ccccc2)c1O. The molecule has 0 saturated heterocycles. The van der Waals surface area contributed by atoms with Crippen LogP contribution >= 0.6 is 0 Å². The Hall–Kier alpha value is -2.07. The van der Waals surface area contributed by atoms with E-state index in [2.05, 4.69) is 0 Å². The summed E-state index contributed by atoms with van der Waals surface area (Å²) < 4.78 is 18.6. The van der Waals surface area contributed by atoms with Gasteiger partial charge in [0.1, 0.15) is 12.4 Å². The summed E-state index contributed by atoms with van der Waals surface area (Å²) in [6.07, 6.45) is 0. The van der Waals surface area contributed by atoms with E-state index < -0.39 is 12.4 Å². The van der Waals surface area contributed by atoms with Crippen LogP contribution in [-0.4, -0.2) is 10.2 Å². The fourth-order valence-corrected chi connectivity index (χ4v) is 1.59.